The molecule has 0 aliphatic carbocycles. The average Bonchev–Trinajstić information content (AvgIpc) is 2.86. The maximum absolute atomic E-state index is 5.98. The number of likely N-dealkylation sites (tertiary alicyclic amines) is 1. The van der Waals surface area contributed by atoms with Crippen molar-refractivity contribution in [3.63, 3.8) is 0 Å². The standard InChI is InChI=1S/C14H20N2O2/c15-8-11-4-3-7-16(11)9-12-10-17-13-5-1-2-6-14(13)18-12/h1-2,5-6,11-12H,3-4,7-10,15H2. The van der Waals surface area contributed by atoms with Crippen LogP contribution in [0.25, 0.3) is 0 Å². The number of hydrogen-bond donors (Lipinski definition) is 1. The lowest BCUT2D eigenvalue weighted by molar-refractivity contribution is 0.0560. The summed E-state index contributed by atoms with van der Waals surface area (Å²) in [7, 11) is 0. The third kappa shape index (κ3) is 2.31. The van der Waals surface area contributed by atoms with E-state index >= 15 is 0 Å². The summed E-state index contributed by atoms with van der Waals surface area (Å²) in [5.74, 6) is 1.71. The highest BCUT2D eigenvalue weighted by molar-refractivity contribution is 5.40. The van der Waals surface area contributed by atoms with E-state index in [-0.39, 0.29) is 6.10 Å². The maximum atomic E-state index is 5.98. The smallest absolute Gasteiger partial charge is 0.161 e. The van der Waals surface area contributed by atoms with Crippen LogP contribution in [-0.4, -0.2) is 43.3 Å². The van der Waals surface area contributed by atoms with Gasteiger partial charge in [-0.3, -0.25) is 4.90 Å². The Bertz CT molecular complexity index is 411. The van der Waals surface area contributed by atoms with E-state index < -0.39 is 0 Å². The Balaban J connectivity index is 1.62. The molecule has 4 nitrogen and oxygen atoms in total. The predicted octanol–water partition coefficient (Wildman–Crippen LogP) is 1.25. The molecule has 0 radical (unpaired) electrons. The number of nitrogens with two attached hydrogens (primary N) is 1. The molecule has 1 aromatic rings. The van der Waals surface area contributed by atoms with Gasteiger partial charge in [0.05, 0.1) is 0 Å². The second-order valence-electron chi connectivity index (χ2n) is 5.02. The summed E-state index contributed by atoms with van der Waals surface area (Å²) >= 11 is 0. The zero-order valence-corrected chi connectivity index (χ0v) is 10.5. The quantitative estimate of drug-likeness (QED) is 0.874. The number of para-hydroxylation sites is 2. The summed E-state index contributed by atoms with van der Waals surface area (Å²) in [5.41, 5.74) is 5.79. The van der Waals surface area contributed by atoms with E-state index in [1.54, 1.807) is 0 Å². The minimum Gasteiger partial charge on any atom is -0.486 e. The first-order chi connectivity index (χ1) is 8.86. The van der Waals surface area contributed by atoms with Gasteiger partial charge in [-0.05, 0) is 31.5 Å². The van der Waals surface area contributed by atoms with Crippen LogP contribution in [-0.2, 0) is 0 Å². The second kappa shape index (κ2) is 5.16. The lowest BCUT2D eigenvalue weighted by Gasteiger charge is -2.31. The number of nitrogens with zero attached hydrogens (tertiary/aromatic N) is 1. The number of ether oxygens (including phenoxy) is 2. The van der Waals surface area contributed by atoms with Crippen molar-refractivity contribution in [3.8, 4) is 11.5 Å². The summed E-state index contributed by atoms with van der Waals surface area (Å²) in [6.07, 6.45) is 2.57. The van der Waals surface area contributed by atoms with E-state index in [9.17, 15) is 0 Å². The molecule has 3 rings (SSSR count). The highest BCUT2D eigenvalue weighted by atomic mass is 16.6. The van der Waals surface area contributed by atoms with Crippen LogP contribution >= 0.6 is 0 Å². The highest BCUT2D eigenvalue weighted by Crippen LogP contribution is 2.31. The average molecular weight is 248 g/mol. The van der Waals surface area contributed by atoms with E-state index in [1.165, 1.54) is 12.8 Å². The van der Waals surface area contributed by atoms with Crippen molar-refractivity contribution in [1.82, 2.24) is 4.90 Å². The molecule has 2 aliphatic heterocycles. The molecule has 4 heteroatoms. The van der Waals surface area contributed by atoms with E-state index in [0.29, 0.717) is 12.6 Å². The Morgan fingerprint density at radius 2 is 2.11 bits per heavy atom. The molecule has 2 unspecified atom stereocenters. The topological polar surface area (TPSA) is 47.7 Å². The Morgan fingerprint density at radius 3 is 2.94 bits per heavy atom. The van der Waals surface area contributed by atoms with E-state index in [1.807, 2.05) is 24.3 Å². The second-order valence-corrected chi connectivity index (χ2v) is 5.02. The summed E-state index contributed by atoms with van der Waals surface area (Å²) in [4.78, 5) is 2.43. The molecule has 2 heterocycles. The minimum absolute atomic E-state index is 0.118. The van der Waals surface area contributed by atoms with Crippen LogP contribution in [0.1, 0.15) is 12.8 Å². The third-order valence-corrected chi connectivity index (χ3v) is 3.78. The van der Waals surface area contributed by atoms with Gasteiger partial charge in [-0.2, -0.15) is 0 Å². The molecule has 2 aliphatic rings. The molecule has 2 N–H and O–H groups in total. The van der Waals surface area contributed by atoms with Gasteiger partial charge in [0.15, 0.2) is 11.5 Å². The lowest BCUT2D eigenvalue weighted by Crippen LogP contribution is -2.45. The molecule has 0 aromatic heterocycles. The fourth-order valence-electron chi connectivity index (χ4n) is 2.82. The largest absolute Gasteiger partial charge is 0.486 e. The Kier molecular flexibility index (Phi) is 3.39. The molecule has 2 atom stereocenters. The molecule has 0 bridgehead atoms. The number of fused-ring (bicyclic) bond motifs is 1. The zero-order chi connectivity index (χ0) is 12.4. The first kappa shape index (κ1) is 11.8. The highest BCUT2D eigenvalue weighted by Gasteiger charge is 2.28. The normalized spacial score (nSPS) is 27.4. The van der Waals surface area contributed by atoms with Gasteiger partial charge in [0.1, 0.15) is 12.7 Å². The van der Waals surface area contributed by atoms with E-state index in [0.717, 1.165) is 31.1 Å². The predicted molar refractivity (Wildman–Crippen MR) is 70.0 cm³/mol. The van der Waals surface area contributed by atoms with Gasteiger partial charge in [-0.25, -0.2) is 0 Å². The molecule has 0 amide bonds. The summed E-state index contributed by atoms with van der Waals surface area (Å²) in [6.45, 7) is 3.41. The Labute approximate surface area is 108 Å². The van der Waals surface area contributed by atoms with E-state index in [2.05, 4.69) is 4.90 Å². The molecule has 0 saturated carbocycles. The van der Waals surface area contributed by atoms with Crippen LogP contribution in [0.3, 0.4) is 0 Å². The van der Waals surface area contributed by atoms with Crippen LogP contribution in [0, 0.1) is 0 Å². The molecule has 1 saturated heterocycles. The number of rotatable bonds is 3. The Hall–Kier alpha value is -1.26. The van der Waals surface area contributed by atoms with Crippen molar-refractivity contribution in [2.24, 2.45) is 5.73 Å². The van der Waals surface area contributed by atoms with Crippen molar-refractivity contribution in [1.29, 1.82) is 0 Å². The first-order valence-corrected chi connectivity index (χ1v) is 6.69. The minimum atomic E-state index is 0.118. The molecule has 18 heavy (non-hydrogen) atoms. The summed E-state index contributed by atoms with van der Waals surface area (Å²) < 4.78 is 11.7. The SMILES string of the molecule is NCC1CCCN1CC1COc2ccccc2O1. The van der Waals surface area contributed by atoms with Crippen LogP contribution in [0.5, 0.6) is 11.5 Å². The molecule has 0 spiro atoms. The molecule has 1 fully saturated rings. The van der Waals surface area contributed by atoms with Crippen LogP contribution < -0.4 is 15.2 Å². The monoisotopic (exact) mass is 248 g/mol. The molecule has 1 aromatic carbocycles. The van der Waals surface area contributed by atoms with Crippen LogP contribution in [0.2, 0.25) is 0 Å². The van der Waals surface area contributed by atoms with Crippen LogP contribution in [0.4, 0.5) is 0 Å². The zero-order valence-electron chi connectivity index (χ0n) is 10.5. The van der Waals surface area contributed by atoms with Gasteiger partial charge in [0, 0.05) is 19.1 Å². The van der Waals surface area contributed by atoms with Gasteiger partial charge in [0.2, 0.25) is 0 Å². The molecular weight excluding hydrogens is 228 g/mol. The van der Waals surface area contributed by atoms with E-state index in [4.69, 9.17) is 15.2 Å². The van der Waals surface area contributed by atoms with Crippen LogP contribution in [0.15, 0.2) is 24.3 Å². The Morgan fingerprint density at radius 1 is 1.28 bits per heavy atom. The third-order valence-electron chi connectivity index (χ3n) is 3.78. The van der Waals surface area contributed by atoms with Gasteiger partial charge in [0.25, 0.3) is 0 Å². The maximum Gasteiger partial charge on any atom is 0.161 e. The summed E-state index contributed by atoms with van der Waals surface area (Å²) in [5, 5.41) is 0. The van der Waals surface area contributed by atoms with Crippen molar-refractivity contribution in [2.45, 2.75) is 25.0 Å². The van der Waals surface area contributed by atoms with Gasteiger partial charge >= 0.3 is 0 Å². The van der Waals surface area contributed by atoms with Crippen molar-refractivity contribution in [2.75, 3.05) is 26.2 Å². The number of benzene rings is 1. The van der Waals surface area contributed by atoms with Crippen molar-refractivity contribution >= 4 is 0 Å². The van der Waals surface area contributed by atoms with Crippen molar-refractivity contribution < 1.29 is 9.47 Å². The summed E-state index contributed by atoms with van der Waals surface area (Å²) in [6, 6.07) is 8.37. The fourth-order valence-corrected chi connectivity index (χ4v) is 2.82. The lowest BCUT2D eigenvalue weighted by atomic mass is 10.2. The van der Waals surface area contributed by atoms with Crippen molar-refractivity contribution in [3.05, 3.63) is 24.3 Å². The number of hydrogen-bond acceptors (Lipinski definition) is 4. The van der Waals surface area contributed by atoms with Gasteiger partial charge in [-0.15, -0.1) is 0 Å². The van der Waals surface area contributed by atoms with Gasteiger partial charge < -0.3 is 15.2 Å². The molecular formula is C14H20N2O2. The molecule has 98 valence electrons. The first-order valence-electron chi connectivity index (χ1n) is 6.69. The van der Waals surface area contributed by atoms with Gasteiger partial charge in [-0.1, -0.05) is 12.1 Å². The fraction of sp³-hybridized carbons (Fsp3) is 0.571.